The van der Waals surface area contributed by atoms with E-state index in [-0.39, 0.29) is 24.8 Å². The fourth-order valence-corrected chi connectivity index (χ4v) is 5.35. The summed E-state index contributed by atoms with van der Waals surface area (Å²) in [7, 11) is 0. The van der Waals surface area contributed by atoms with Crippen molar-refractivity contribution in [1.82, 2.24) is 0 Å². The molecule has 0 amide bonds. The lowest BCUT2D eigenvalue weighted by atomic mass is 9.48. The van der Waals surface area contributed by atoms with Gasteiger partial charge in [-0.05, 0) is 68.2 Å². The Morgan fingerprint density at radius 1 is 1.00 bits per heavy atom. The summed E-state index contributed by atoms with van der Waals surface area (Å²) in [6.45, 7) is 0.110. The molecular formula is C14H23F2N. The second kappa shape index (κ2) is 3.91. The van der Waals surface area contributed by atoms with Gasteiger partial charge in [-0.15, -0.1) is 0 Å². The average Bonchev–Trinajstić information content (AvgIpc) is 2.11. The molecule has 0 unspecified atom stereocenters. The van der Waals surface area contributed by atoms with Crippen LogP contribution in [-0.4, -0.2) is 12.5 Å². The Morgan fingerprint density at radius 2 is 1.47 bits per heavy atom. The van der Waals surface area contributed by atoms with Crippen molar-refractivity contribution in [1.29, 1.82) is 0 Å². The van der Waals surface area contributed by atoms with E-state index in [1.54, 1.807) is 0 Å². The number of rotatable bonds is 4. The molecule has 4 rings (SSSR count). The lowest BCUT2D eigenvalue weighted by molar-refractivity contribution is -0.121. The van der Waals surface area contributed by atoms with Gasteiger partial charge in [0.15, 0.2) is 0 Å². The van der Waals surface area contributed by atoms with Crippen LogP contribution in [-0.2, 0) is 0 Å². The maximum Gasteiger partial charge on any atom is 0.249 e. The van der Waals surface area contributed by atoms with Crippen molar-refractivity contribution in [3.8, 4) is 0 Å². The molecule has 4 fully saturated rings. The zero-order valence-corrected chi connectivity index (χ0v) is 10.4. The summed E-state index contributed by atoms with van der Waals surface area (Å²) in [5.74, 6) is -0.250. The van der Waals surface area contributed by atoms with E-state index in [0.29, 0.717) is 0 Å². The molecule has 0 radical (unpaired) electrons. The third kappa shape index (κ3) is 2.23. The largest absolute Gasteiger partial charge is 0.330 e. The third-order valence-electron chi connectivity index (χ3n) is 5.31. The zero-order valence-electron chi connectivity index (χ0n) is 10.4. The van der Waals surface area contributed by atoms with Gasteiger partial charge in [-0.3, -0.25) is 0 Å². The molecule has 0 spiro atoms. The van der Waals surface area contributed by atoms with E-state index in [1.165, 1.54) is 19.3 Å². The Kier molecular flexibility index (Phi) is 2.73. The molecule has 0 heterocycles. The average molecular weight is 243 g/mol. The molecule has 4 aliphatic carbocycles. The Labute approximate surface area is 102 Å². The van der Waals surface area contributed by atoms with Gasteiger partial charge in [0.25, 0.3) is 0 Å². The summed E-state index contributed by atoms with van der Waals surface area (Å²) < 4.78 is 27.7. The van der Waals surface area contributed by atoms with Gasteiger partial charge in [0.05, 0.1) is 0 Å². The Bertz CT molecular complexity index is 265. The first-order valence-corrected chi connectivity index (χ1v) is 7.08. The first kappa shape index (κ1) is 11.9. The van der Waals surface area contributed by atoms with Gasteiger partial charge < -0.3 is 5.73 Å². The quantitative estimate of drug-likeness (QED) is 0.802. The minimum absolute atomic E-state index is 0.0204. The highest BCUT2D eigenvalue weighted by atomic mass is 19.3. The molecule has 4 saturated carbocycles. The summed E-state index contributed by atoms with van der Waals surface area (Å²) >= 11 is 0. The Balaban J connectivity index is 1.74. The molecule has 0 aromatic carbocycles. The van der Waals surface area contributed by atoms with Crippen LogP contribution >= 0.6 is 0 Å². The van der Waals surface area contributed by atoms with Gasteiger partial charge in [-0.25, -0.2) is 8.78 Å². The fraction of sp³-hybridized carbons (Fsp3) is 1.00. The van der Waals surface area contributed by atoms with Crippen LogP contribution in [0.25, 0.3) is 0 Å². The molecule has 0 saturated heterocycles. The molecule has 4 bridgehead atoms. The number of nitrogens with two attached hydrogens (primary N) is 1. The molecule has 98 valence electrons. The van der Waals surface area contributed by atoms with Crippen molar-refractivity contribution in [2.24, 2.45) is 28.9 Å². The van der Waals surface area contributed by atoms with E-state index in [1.807, 2.05) is 0 Å². The van der Waals surface area contributed by atoms with Gasteiger partial charge in [0.1, 0.15) is 0 Å². The van der Waals surface area contributed by atoms with Crippen LogP contribution in [0.5, 0.6) is 0 Å². The normalized spacial score (nSPS) is 44.3. The minimum Gasteiger partial charge on any atom is -0.330 e. The second-order valence-electron chi connectivity index (χ2n) is 6.99. The van der Waals surface area contributed by atoms with Gasteiger partial charge in [0, 0.05) is 12.8 Å². The summed E-state index contributed by atoms with van der Waals surface area (Å²) in [6.07, 6.45) is 7.15. The number of halogens is 2. The topological polar surface area (TPSA) is 26.0 Å². The van der Waals surface area contributed by atoms with Crippen LogP contribution in [0.2, 0.25) is 0 Å². The van der Waals surface area contributed by atoms with Crippen molar-refractivity contribution in [2.75, 3.05) is 6.54 Å². The monoisotopic (exact) mass is 243 g/mol. The number of alkyl halides is 2. The second-order valence-corrected chi connectivity index (χ2v) is 6.99. The van der Waals surface area contributed by atoms with E-state index in [4.69, 9.17) is 5.73 Å². The van der Waals surface area contributed by atoms with Crippen LogP contribution in [0.4, 0.5) is 8.78 Å². The van der Waals surface area contributed by atoms with Crippen LogP contribution in [0, 0.1) is 23.2 Å². The smallest absolute Gasteiger partial charge is 0.249 e. The van der Waals surface area contributed by atoms with Crippen molar-refractivity contribution in [3.63, 3.8) is 0 Å². The minimum atomic E-state index is -2.53. The van der Waals surface area contributed by atoms with Crippen molar-refractivity contribution < 1.29 is 8.78 Å². The first-order chi connectivity index (χ1) is 8.00. The van der Waals surface area contributed by atoms with Gasteiger partial charge in [-0.1, -0.05) is 0 Å². The Morgan fingerprint density at radius 3 is 1.88 bits per heavy atom. The van der Waals surface area contributed by atoms with E-state index >= 15 is 0 Å². The van der Waals surface area contributed by atoms with E-state index < -0.39 is 5.92 Å². The Hall–Kier alpha value is -0.180. The maximum absolute atomic E-state index is 13.9. The summed E-state index contributed by atoms with van der Waals surface area (Å²) in [5.41, 5.74) is 5.28. The lowest BCUT2D eigenvalue weighted by Gasteiger charge is -2.57. The molecule has 2 N–H and O–H groups in total. The van der Waals surface area contributed by atoms with Crippen LogP contribution < -0.4 is 5.73 Å². The van der Waals surface area contributed by atoms with Gasteiger partial charge in [-0.2, -0.15) is 0 Å². The number of hydrogen-bond donors (Lipinski definition) is 1. The van der Waals surface area contributed by atoms with Crippen molar-refractivity contribution in [2.45, 2.75) is 57.3 Å². The highest BCUT2D eigenvalue weighted by molar-refractivity contribution is 5.02. The van der Waals surface area contributed by atoms with Crippen LogP contribution in [0.1, 0.15) is 51.4 Å². The lowest BCUT2D eigenvalue weighted by Crippen LogP contribution is -2.48. The third-order valence-corrected chi connectivity index (χ3v) is 5.31. The molecule has 0 aromatic rings. The highest BCUT2D eigenvalue weighted by Gasteiger charge is 2.53. The predicted molar refractivity (Wildman–Crippen MR) is 63.8 cm³/mol. The molecule has 0 atom stereocenters. The van der Waals surface area contributed by atoms with E-state index in [0.717, 1.165) is 37.0 Å². The predicted octanol–water partition coefficient (Wildman–Crippen LogP) is 3.58. The standard InChI is InChI=1S/C14H23F2N/c15-14(16,1-2-17)9-13-6-10-3-11(7-13)5-12(4-10)8-13/h10-12H,1-9,17H2. The summed E-state index contributed by atoms with van der Waals surface area (Å²) in [6, 6.07) is 0. The first-order valence-electron chi connectivity index (χ1n) is 7.08. The molecule has 3 heteroatoms. The number of hydrogen-bond acceptors (Lipinski definition) is 1. The van der Waals surface area contributed by atoms with E-state index in [2.05, 4.69) is 0 Å². The highest BCUT2D eigenvalue weighted by Crippen LogP contribution is 2.62. The van der Waals surface area contributed by atoms with Gasteiger partial charge >= 0.3 is 0 Å². The molecule has 0 aromatic heterocycles. The SMILES string of the molecule is NCCC(F)(F)CC12CC3CC(CC(C3)C1)C2. The van der Waals surface area contributed by atoms with Crippen molar-refractivity contribution in [3.05, 3.63) is 0 Å². The fourth-order valence-electron chi connectivity index (χ4n) is 5.35. The van der Waals surface area contributed by atoms with Crippen LogP contribution in [0.3, 0.4) is 0 Å². The molecule has 1 nitrogen and oxygen atoms in total. The van der Waals surface area contributed by atoms with Crippen molar-refractivity contribution >= 4 is 0 Å². The molecule has 0 aliphatic heterocycles. The summed E-state index contributed by atoms with van der Waals surface area (Å²) in [4.78, 5) is 0. The molecular weight excluding hydrogens is 220 g/mol. The summed E-state index contributed by atoms with van der Waals surface area (Å²) in [5, 5.41) is 0. The molecule has 4 aliphatic rings. The molecule has 17 heavy (non-hydrogen) atoms. The van der Waals surface area contributed by atoms with Gasteiger partial charge in [0.2, 0.25) is 5.92 Å². The zero-order chi connectivity index (χ0) is 12.1. The van der Waals surface area contributed by atoms with Crippen LogP contribution in [0.15, 0.2) is 0 Å². The van der Waals surface area contributed by atoms with E-state index in [9.17, 15) is 8.78 Å². The maximum atomic E-state index is 13.9.